The fraction of sp³-hybridized carbons (Fsp3) is 0.500. The number of aliphatic carboxylic acids is 1. The summed E-state index contributed by atoms with van der Waals surface area (Å²) in [7, 11) is -3.82. The van der Waals surface area contributed by atoms with Gasteiger partial charge in [-0.25, -0.2) is 8.42 Å². The maximum absolute atomic E-state index is 12.4. The van der Waals surface area contributed by atoms with E-state index in [9.17, 15) is 18.3 Å². The summed E-state index contributed by atoms with van der Waals surface area (Å²) >= 11 is 0. The van der Waals surface area contributed by atoms with Gasteiger partial charge in [0, 0.05) is 0 Å². The lowest BCUT2D eigenvalue weighted by Gasteiger charge is -2.33. The van der Waals surface area contributed by atoms with E-state index in [1.807, 2.05) is 0 Å². The van der Waals surface area contributed by atoms with Crippen molar-refractivity contribution in [3.63, 3.8) is 0 Å². The van der Waals surface area contributed by atoms with Crippen molar-refractivity contribution in [1.82, 2.24) is 4.72 Å². The maximum Gasteiger partial charge on any atom is 0.324 e. The van der Waals surface area contributed by atoms with Gasteiger partial charge in [-0.2, -0.15) is 4.72 Å². The Morgan fingerprint density at radius 1 is 1.25 bits per heavy atom. The van der Waals surface area contributed by atoms with Gasteiger partial charge in [0.2, 0.25) is 10.0 Å². The second-order valence-corrected chi connectivity index (χ2v) is 7.05. The van der Waals surface area contributed by atoms with Gasteiger partial charge in [0.25, 0.3) is 0 Å². The molecule has 0 amide bonds. The van der Waals surface area contributed by atoms with Crippen LogP contribution < -0.4 is 4.72 Å². The Hall–Kier alpha value is -1.40. The lowest BCUT2D eigenvalue weighted by atomic mass is 9.83. The number of hydrogen-bond acceptors (Lipinski definition) is 3. The van der Waals surface area contributed by atoms with Crippen LogP contribution in [-0.2, 0) is 14.8 Å². The highest BCUT2D eigenvalue weighted by molar-refractivity contribution is 7.89. The molecule has 5 nitrogen and oxygen atoms in total. The van der Waals surface area contributed by atoms with Crippen LogP contribution in [0.3, 0.4) is 0 Å². The zero-order valence-electron chi connectivity index (χ0n) is 11.4. The number of rotatable bonds is 4. The SMILES string of the molecule is Cc1cccc(S(=O)(=O)NC2(C(=O)O)CCCCC2)c1. The topological polar surface area (TPSA) is 83.5 Å². The first kappa shape index (κ1) is 15.0. The molecule has 1 saturated carbocycles. The van der Waals surface area contributed by atoms with E-state index in [0.29, 0.717) is 12.8 Å². The van der Waals surface area contributed by atoms with Crippen molar-refractivity contribution in [2.75, 3.05) is 0 Å². The highest BCUT2D eigenvalue weighted by Gasteiger charge is 2.43. The predicted octanol–water partition coefficient (Wildman–Crippen LogP) is 2.06. The molecule has 0 heterocycles. The van der Waals surface area contributed by atoms with Crippen LogP contribution in [0.2, 0.25) is 0 Å². The molecule has 0 atom stereocenters. The normalized spacial score (nSPS) is 18.6. The first-order valence-electron chi connectivity index (χ1n) is 6.70. The first-order valence-corrected chi connectivity index (χ1v) is 8.18. The molecule has 20 heavy (non-hydrogen) atoms. The van der Waals surface area contributed by atoms with Crippen molar-refractivity contribution < 1.29 is 18.3 Å². The predicted molar refractivity (Wildman–Crippen MR) is 75.0 cm³/mol. The molecule has 0 saturated heterocycles. The minimum Gasteiger partial charge on any atom is -0.480 e. The van der Waals surface area contributed by atoms with E-state index in [-0.39, 0.29) is 4.90 Å². The van der Waals surface area contributed by atoms with Gasteiger partial charge in [0.1, 0.15) is 5.54 Å². The minimum absolute atomic E-state index is 0.115. The Bertz CT molecular complexity index is 603. The molecule has 1 fully saturated rings. The van der Waals surface area contributed by atoms with E-state index in [1.54, 1.807) is 25.1 Å². The van der Waals surface area contributed by atoms with E-state index in [0.717, 1.165) is 24.8 Å². The van der Waals surface area contributed by atoms with E-state index < -0.39 is 21.5 Å². The molecule has 0 aromatic heterocycles. The molecular weight excluding hydrogens is 278 g/mol. The lowest BCUT2D eigenvalue weighted by molar-refractivity contribution is -0.145. The van der Waals surface area contributed by atoms with Gasteiger partial charge < -0.3 is 5.11 Å². The van der Waals surface area contributed by atoms with Gasteiger partial charge in [0.05, 0.1) is 4.90 Å². The molecule has 0 aliphatic heterocycles. The average molecular weight is 297 g/mol. The smallest absolute Gasteiger partial charge is 0.324 e. The van der Waals surface area contributed by atoms with Gasteiger partial charge in [-0.05, 0) is 37.5 Å². The number of aryl methyl sites for hydroxylation is 1. The number of carboxylic acids is 1. The van der Waals surface area contributed by atoms with Crippen LogP contribution in [0.25, 0.3) is 0 Å². The molecule has 110 valence electrons. The number of carboxylic acid groups (broad SMARTS) is 1. The second-order valence-electron chi connectivity index (χ2n) is 5.37. The van der Waals surface area contributed by atoms with Crippen LogP contribution in [-0.4, -0.2) is 25.0 Å². The quantitative estimate of drug-likeness (QED) is 0.891. The average Bonchev–Trinajstić information content (AvgIpc) is 2.39. The summed E-state index contributed by atoms with van der Waals surface area (Å²) < 4.78 is 27.2. The van der Waals surface area contributed by atoms with Gasteiger partial charge >= 0.3 is 5.97 Å². The molecule has 1 aromatic rings. The number of benzene rings is 1. The second kappa shape index (κ2) is 5.54. The molecule has 0 radical (unpaired) electrons. The third-order valence-electron chi connectivity index (χ3n) is 3.75. The number of nitrogens with one attached hydrogen (secondary N) is 1. The summed E-state index contributed by atoms with van der Waals surface area (Å²) in [4.78, 5) is 11.6. The molecule has 1 aliphatic carbocycles. The Morgan fingerprint density at radius 3 is 2.45 bits per heavy atom. The van der Waals surface area contributed by atoms with Gasteiger partial charge in [-0.3, -0.25) is 4.79 Å². The van der Waals surface area contributed by atoms with Crippen LogP contribution in [0.5, 0.6) is 0 Å². The maximum atomic E-state index is 12.4. The molecule has 6 heteroatoms. The number of sulfonamides is 1. The molecule has 0 bridgehead atoms. The number of hydrogen-bond donors (Lipinski definition) is 2. The van der Waals surface area contributed by atoms with E-state index in [4.69, 9.17) is 0 Å². The largest absolute Gasteiger partial charge is 0.480 e. The van der Waals surface area contributed by atoms with Crippen molar-refractivity contribution >= 4 is 16.0 Å². The van der Waals surface area contributed by atoms with Crippen molar-refractivity contribution in [1.29, 1.82) is 0 Å². The zero-order valence-corrected chi connectivity index (χ0v) is 12.2. The van der Waals surface area contributed by atoms with E-state index >= 15 is 0 Å². The van der Waals surface area contributed by atoms with Gasteiger partial charge in [0.15, 0.2) is 0 Å². The first-order chi connectivity index (χ1) is 9.36. The summed E-state index contributed by atoms with van der Waals surface area (Å²) in [5.41, 5.74) is -0.540. The number of carbonyl (C=O) groups is 1. The van der Waals surface area contributed by atoms with Crippen molar-refractivity contribution in [3.05, 3.63) is 29.8 Å². The minimum atomic E-state index is -3.82. The van der Waals surface area contributed by atoms with Crippen LogP contribution in [0.15, 0.2) is 29.2 Å². The molecule has 2 rings (SSSR count). The molecule has 0 spiro atoms. The Labute approximate surface area is 119 Å². The van der Waals surface area contributed by atoms with Gasteiger partial charge in [-0.1, -0.05) is 31.4 Å². The molecule has 1 aromatic carbocycles. The molecule has 2 N–H and O–H groups in total. The van der Waals surface area contributed by atoms with Gasteiger partial charge in [-0.15, -0.1) is 0 Å². The molecule has 1 aliphatic rings. The van der Waals surface area contributed by atoms with Crippen LogP contribution in [0.4, 0.5) is 0 Å². The fourth-order valence-corrected chi connectivity index (χ4v) is 4.14. The summed E-state index contributed by atoms with van der Waals surface area (Å²) in [6, 6.07) is 6.47. The molecule has 0 unspecified atom stereocenters. The van der Waals surface area contributed by atoms with Crippen LogP contribution in [0, 0.1) is 6.92 Å². The fourth-order valence-electron chi connectivity index (χ4n) is 2.61. The Morgan fingerprint density at radius 2 is 1.90 bits per heavy atom. The lowest BCUT2D eigenvalue weighted by Crippen LogP contribution is -2.55. The Kier molecular flexibility index (Phi) is 4.15. The van der Waals surface area contributed by atoms with Crippen molar-refractivity contribution in [2.24, 2.45) is 0 Å². The summed E-state index contributed by atoms with van der Waals surface area (Å²) in [5.74, 6) is -1.09. The molecular formula is C14H19NO4S. The standard InChI is InChI=1S/C14H19NO4S/c1-11-6-5-7-12(10-11)20(18,19)15-14(13(16)17)8-3-2-4-9-14/h5-7,10,15H,2-4,8-9H2,1H3,(H,16,17). The highest BCUT2D eigenvalue weighted by Crippen LogP contribution is 2.30. The summed E-state index contributed by atoms with van der Waals surface area (Å²) in [5, 5.41) is 9.43. The Balaban J connectivity index is 2.32. The van der Waals surface area contributed by atoms with Crippen molar-refractivity contribution in [2.45, 2.75) is 49.5 Å². The van der Waals surface area contributed by atoms with Crippen molar-refractivity contribution in [3.8, 4) is 0 Å². The van der Waals surface area contributed by atoms with E-state index in [2.05, 4.69) is 4.72 Å². The third-order valence-corrected chi connectivity index (χ3v) is 5.28. The third kappa shape index (κ3) is 3.02. The van der Waals surface area contributed by atoms with Crippen LogP contribution >= 0.6 is 0 Å². The monoisotopic (exact) mass is 297 g/mol. The van der Waals surface area contributed by atoms with Crippen LogP contribution in [0.1, 0.15) is 37.7 Å². The summed E-state index contributed by atoms with van der Waals surface area (Å²) in [6.45, 7) is 1.80. The highest BCUT2D eigenvalue weighted by atomic mass is 32.2. The summed E-state index contributed by atoms with van der Waals surface area (Å²) in [6.07, 6.45) is 3.08. The zero-order chi connectivity index (χ0) is 14.8. The van der Waals surface area contributed by atoms with E-state index in [1.165, 1.54) is 6.07 Å².